The maximum Gasteiger partial charge on any atom is 0.256 e. The minimum atomic E-state index is -0.316. The van der Waals surface area contributed by atoms with E-state index in [9.17, 15) is 9.59 Å². The number of nitrogens with zero attached hydrogens (tertiary/aromatic N) is 4. The molecular formula is C22H23N7O3. The molecule has 4 rings (SSSR count). The number of amides is 2. The van der Waals surface area contributed by atoms with Crippen molar-refractivity contribution >= 4 is 34.7 Å². The molecule has 1 aromatic carbocycles. The van der Waals surface area contributed by atoms with E-state index >= 15 is 0 Å². The standard InChI is InChI=1S/C22H23N7O3/c1-4-8-23-22(31)16-11-29-19(14(16)3)20(24-12-25-29)26-17-10-15(6-5-13(17)2)21(30)27-18-7-9-32-28-18/h5-7,9-12H,4,8H2,1-3H3,(H,23,31)(H,24,25,26)(H,27,28,30). The molecule has 0 saturated carbocycles. The van der Waals surface area contributed by atoms with Crippen molar-refractivity contribution in [3.05, 3.63) is 65.3 Å². The molecule has 2 amide bonds. The smallest absolute Gasteiger partial charge is 0.256 e. The van der Waals surface area contributed by atoms with Gasteiger partial charge in [0.25, 0.3) is 11.8 Å². The molecule has 0 aliphatic heterocycles. The van der Waals surface area contributed by atoms with Crippen molar-refractivity contribution < 1.29 is 14.1 Å². The minimum Gasteiger partial charge on any atom is -0.363 e. The maximum absolute atomic E-state index is 12.6. The number of benzene rings is 1. The third-order valence-corrected chi connectivity index (χ3v) is 5.04. The highest BCUT2D eigenvalue weighted by molar-refractivity contribution is 6.04. The molecule has 3 aromatic heterocycles. The van der Waals surface area contributed by atoms with Gasteiger partial charge in [-0.2, -0.15) is 5.10 Å². The van der Waals surface area contributed by atoms with Gasteiger partial charge in [-0.1, -0.05) is 18.1 Å². The van der Waals surface area contributed by atoms with E-state index < -0.39 is 0 Å². The van der Waals surface area contributed by atoms with Gasteiger partial charge in [0.15, 0.2) is 11.6 Å². The van der Waals surface area contributed by atoms with Crippen LogP contribution in [0.1, 0.15) is 45.2 Å². The number of hydrogen-bond acceptors (Lipinski definition) is 7. The van der Waals surface area contributed by atoms with Gasteiger partial charge in [0, 0.05) is 30.1 Å². The first-order chi connectivity index (χ1) is 15.5. The molecule has 3 heterocycles. The number of nitrogens with one attached hydrogen (secondary N) is 3. The van der Waals surface area contributed by atoms with E-state index in [0.717, 1.165) is 17.5 Å². The molecule has 0 unspecified atom stereocenters. The average molecular weight is 433 g/mol. The predicted molar refractivity (Wildman–Crippen MR) is 119 cm³/mol. The molecule has 10 nitrogen and oxygen atoms in total. The lowest BCUT2D eigenvalue weighted by Gasteiger charge is -2.12. The summed E-state index contributed by atoms with van der Waals surface area (Å²) in [6.45, 7) is 6.39. The third-order valence-electron chi connectivity index (χ3n) is 5.04. The lowest BCUT2D eigenvalue weighted by Crippen LogP contribution is -2.24. The normalized spacial score (nSPS) is 10.8. The summed E-state index contributed by atoms with van der Waals surface area (Å²) < 4.78 is 6.37. The molecule has 32 heavy (non-hydrogen) atoms. The zero-order valence-electron chi connectivity index (χ0n) is 18.0. The fourth-order valence-electron chi connectivity index (χ4n) is 3.31. The molecule has 10 heteroatoms. The fourth-order valence-corrected chi connectivity index (χ4v) is 3.31. The van der Waals surface area contributed by atoms with Crippen molar-refractivity contribution in [1.29, 1.82) is 0 Å². The van der Waals surface area contributed by atoms with Gasteiger partial charge in [0.1, 0.15) is 18.1 Å². The van der Waals surface area contributed by atoms with Crippen molar-refractivity contribution in [3.8, 4) is 0 Å². The Labute approximate surface area is 184 Å². The topological polar surface area (TPSA) is 126 Å². The number of aromatic nitrogens is 4. The van der Waals surface area contributed by atoms with E-state index in [1.165, 1.54) is 12.6 Å². The lowest BCUT2D eigenvalue weighted by molar-refractivity contribution is 0.0952. The Hall–Kier alpha value is -4.21. The second kappa shape index (κ2) is 8.88. The summed E-state index contributed by atoms with van der Waals surface area (Å²) in [4.78, 5) is 29.5. The van der Waals surface area contributed by atoms with E-state index in [1.807, 2.05) is 26.8 Å². The molecule has 0 aliphatic rings. The van der Waals surface area contributed by atoms with Crippen LogP contribution in [0.4, 0.5) is 17.3 Å². The van der Waals surface area contributed by atoms with Gasteiger partial charge in [-0.15, -0.1) is 0 Å². The molecule has 0 atom stereocenters. The van der Waals surface area contributed by atoms with E-state index in [2.05, 4.69) is 31.2 Å². The summed E-state index contributed by atoms with van der Waals surface area (Å²) >= 11 is 0. The summed E-state index contributed by atoms with van der Waals surface area (Å²) in [5, 5.41) is 16.8. The number of anilines is 3. The molecule has 164 valence electrons. The van der Waals surface area contributed by atoms with Crippen LogP contribution in [-0.4, -0.2) is 38.1 Å². The number of fused-ring (bicyclic) bond motifs is 1. The second-order valence-corrected chi connectivity index (χ2v) is 7.32. The molecule has 0 radical (unpaired) electrons. The summed E-state index contributed by atoms with van der Waals surface area (Å²) in [7, 11) is 0. The van der Waals surface area contributed by atoms with Crippen LogP contribution in [-0.2, 0) is 0 Å². The number of carbonyl (C=O) groups is 2. The van der Waals surface area contributed by atoms with Crippen molar-refractivity contribution in [2.24, 2.45) is 0 Å². The minimum absolute atomic E-state index is 0.150. The monoisotopic (exact) mass is 433 g/mol. The first kappa shape index (κ1) is 21.0. The summed E-state index contributed by atoms with van der Waals surface area (Å²) in [6.07, 6.45) is 5.34. The zero-order valence-corrected chi connectivity index (χ0v) is 18.0. The Morgan fingerprint density at radius 2 is 2.00 bits per heavy atom. The average Bonchev–Trinajstić information content (AvgIpc) is 3.41. The van der Waals surface area contributed by atoms with Crippen molar-refractivity contribution in [3.63, 3.8) is 0 Å². The van der Waals surface area contributed by atoms with Gasteiger partial charge >= 0.3 is 0 Å². The quantitative estimate of drug-likeness (QED) is 0.407. The SMILES string of the molecule is CCCNC(=O)c1cn2ncnc(Nc3cc(C(=O)Nc4ccon4)ccc3C)c2c1C. The van der Waals surface area contributed by atoms with E-state index in [4.69, 9.17) is 4.52 Å². The Balaban J connectivity index is 1.65. The zero-order chi connectivity index (χ0) is 22.7. The van der Waals surface area contributed by atoms with Gasteiger partial charge in [0.05, 0.1) is 5.56 Å². The summed E-state index contributed by atoms with van der Waals surface area (Å²) in [5.41, 5.74) is 4.06. The van der Waals surface area contributed by atoms with Gasteiger partial charge < -0.3 is 20.5 Å². The van der Waals surface area contributed by atoms with Crippen LogP contribution in [0.3, 0.4) is 0 Å². The van der Waals surface area contributed by atoms with Crippen LogP contribution in [0.5, 0.6) is 0 Å². The van der Waals surface area contributed by atoms with Gasteiger partial charge in [-0.3, -0.25) is 9.59 Å². The maximum atomic E-state index is 12.6. The van der Waals surface area contributed by atoms with Gasteiger partial charge in [0.2, 0.25) is 0 Å². The molecule has 0 bridgehead atoms. The first-order valence-corrected chi connectivity index (χ1v) is 10.2. The van der Waals surface area contributed by atoms with Crippen LogP contribution in [0.25, 0.3) is 5.52 Å². The number of aryl methyl sites for hydroxylation is 2. The molecular weight excluding hydrogens is 410 g/mol. The first-order valence-electron chi connectivity index (χ1n) is 10.2. The van der Waals surface area contributed by atoms with Crippen LogP contribution < -0.4 is 16.0 Å². The molecule has 0 aliphatic carbocycles. The predicted octanol–water partition coefficient (Wildman–Crippen LogP) is 3.47. The van der Waals surface area contributed by atoms with Crippen LogP contribution >= 0.6 is 0 Å². The van der Waals surface area contributed by atoms with Crippen LogP contribution in [0.2, 0.25) is 0 Å². The number of hydrogen-bond donors (Lipinski definition) is 3. The molecule has 3 N–H and O–H groups in total. The van der Waals surface area contributed by atoms with Crippen molar-refractivity contribution in [2.45, 2.75) is 27.2 Å². The van der Waals surface area contributed by atoms with Gasteiger partial charge in [-0.05, 0) is 43.5 Å². The number of carbonyl (C=O) groups excluding carboxylic acids is 2. The molecule has 0 saturated heterocycles. The highest BCUT2D eigenvalue weighted by Gasteiger charge is 2.18. The Morgan fingerprint density at radius 1 is 1.16 bits per heavy atom. The van der Waals surface area contributed by atoms with Crippen LogP contribution in [0, 0.1) is 13.8 Å². The number of rotatable bonds is 7. The highest BCUT2D eigenvalue weighted by atomic mass is 16.5. The molecule has 0 fully saturated rings. The molecule has 0 spiro atoms. The van der Waals surface area contributed by atoms with E-state index in [0.29, 0.717) is 40.5 Å². The molecule has 4 aromatic rings. The Morgan fingerprint density at radius 3 is 2.75 bits per heavy atom. The second-order valence-electron chi connectivity index (χ2n) is 7.32. The van der Waals surface area contributed by atoms with Gasteiger partial charge in [-0.25, -0.2) is 9.50 Å². The summed E-state index contributed by atoms with van der Waals surface area (Å²) in [5.74, 6) is 0.400. The lowest BCUT2D eigenvalue weighted by atomic mass is 10.1. The van der Waals surface area contributed by atoms with Crippen LogP contribution in [0.15, 0.2) is 47.6 Å². The summed E-state index contributed by atoms with van der Waals surface area (Å²) in [6, 6.07) is 6.86. The Bertz CT molecular complexity index is 1280. The van der Waals surface area contributed by atoms with E-state index in [1.54, 1.807) is 28.9 Å². The Kier molecular flexibility index (Phi) is 5.84. The largest absolute Gasteiger partial charge is 0.363 e. The van der Waals surface area contributed by atoms with E-state index in [-0.39, 0.29) is 11.8 Å². The highest BCUT2D eigenvalue weighted by Crippen LogP contribution is 2.27. The van der Waals surface area contributed by atoms with Crippen molar-refractivity contribution in [2.75, 3.05) is 17.2 Å². The van der Waals surface area contributed by atoms with Crippen molar-refractivity contribution in [1.82, 2.24) is 25.1 Å². The fraction of sp³-hybridized carbons (Fsp3) is 0.227. The third kappa shape index (κ3) is 4.15.